The molecule has 0 spiro atoms. The van der Waals surface area contributed by atoms with Crippen LogP contribution in [0.3, 0.4) is 0 Å². The molecule has 1 saturated heterocycles. The molecule has 0 saturated carbocycles. The molecular formula is C16H23N3O. The maximum absolute atomic E-state index is 5.56. The zero-order valence-corrected chi connectivity index (χ0v) is 12.4. The molecule has 1 aliphatic heterocycles. The van der Waals surface area contributed by atoms with Crippen LogP contribution in [-0.4, -0.2) is 54.6 Å². The highest BCUT2D eigenvalue weighted by atomic mass is 16.5. The fourth-order valence-electron chi connectivity index (χ4n) is 2.76. The Morgan fingerprint density at radius 3 is 2.70 bits per heavy atom. The second-order valence-electron chi connectivity index (χ2n) is 5.56. The molecule has 108 valence electrons. The van der Waals surface area contributed by atoms with E-state index in [1.54, 1.807) is 0 Å². The Kier molecular flexibility index (Phi) is 3.94. The number of nitrogens with zero attached hydrogens (tertiary/aromatic N) is 2. The minimum Gasteiger partial charge on any atom is -0.494 e. The number of ether oxygens (including phenoxy) is 1. The predicted octanol–water partition coefficient (Wildman–Crippen LogP) is 2.31. The normalized spacial score (nSPS) is 17.7. The number of rotatable bonds is 4. The number of H-pyrrole nitrogens is 1. The van der Waals surface area contributed by atoms with Crippen molar-refractivity contribution < 1.29 is 4.74 Å². The Balaban J connectivity index is 1.72. The van der Waals surface area contributed by atoms with E-state index in [9.17, 15) is 0 Å². The van der Waals surface area contributed by atoms with Crippen LogP contribution in [0.15, 0.2) is 24.3 Å². The van der Waals surface area contributed by atoms with E-state index in [2.05, 4.69) is 40.0 Å². The van der Waals surface area contributed by atoms with Gasteiger partial charge >= 0.3 is 0 Å². The lowest BCUT2D eigenvalue weighted by molar-refractivity contribution is 0.147. The van der Waals surface area contributed by atoms with Crippen molar-refractivity contribution in [2.24, 2.45) is 0 Å². The van der Waals surface area contributed by atoms with Crippen LogP contribution in [-0.2, 0) is 6.54 Å². The van der Waals surface area contributed by atoms with E-state index >= 15 is 0 Å². The van der Waals surface area contributed by atoms with Gasteiger partial charge in [-0.05, 0) is 38.2 Å². The van der Waals surface area contributed by atoms with Gasteiger partial charge in [0, 0.05) is 49.3 Å². The molecule has 0 radical (unpaired) electrons. The van der Waals surface area contributed by atoms with Gasteiger partial charge in [0.2, 0.25) is 0 Å². The van der Waals surface area contributed by atoms with Crippen LogP contribution in [0, 0.1) is 0 Å². The van der Waals surface area contributed by atoms with Crippen molar-refractivity contribution >= 4 is 10.9 Å². The summed E-state index contributed by atoms with van der Waals surface area (Å²) >= 11 is 0. The maximum Gasteiger partial charge on any atom is 0.120 e. The quantitative estimate of drug-likeness (QED) is 0.927. The summed E-state index contributed by atoms with van der Waals surface area (Å²) in [6.45, 7) is 8.35. The number of hydrogen-bond acceptors (Lipinski definition) is 3. The zero-order valence-electron chi connectivity index (χ0n) is 12.4. The van der Waals surface area contributed by atoms with E-state index in [1.165, 1.54) is 16.6 Å². The third kappa shape index (κ3) is 2.97. The molecule has 4 heteroatoms. The largest absolute Gasteiger partial charge is 0.494 e. The van der Waals surface area contributed by atoms with Crippen LogP contribution >= 0.6 is 0 Å². The molecule has 1 aliphatic rings. The summed E-state index contributed by atoms with van der Waals surface area (Å²) in [6.07, 6.45) is 0. The summed E-state index contributed by atoms with van der Waals surface area (Å²) in [6, 6.07) is 8.49. The van der Waals surface area contributed by atoms with Gasteiger partial charge in [-0.15, -0.1) is 0 Å². The van der Waals surface area contributed by atoms with E-state index in [1.807, 2.05) is 13.0 Å². The first-order valence-corrected chi connectivity index (χ1v) is 7.40. The summed E-state index contributed by atoms with van der Waals surface area (Å²) in [5.74, 6) is 0.949. The number of hydrogen-bond donors (Lipinski definition) is 1. The molecule has 1 N–H and O–H groups in total. The highest BCUT2D eigenvalue weighted by molar-refractivity contribution is 5.81. The molecule has 0 aliphatic carbocycles. The van der Waals surface area contributed by atoms with Crippen LogP contribution in [0.2, 0.25) is 0 Å². The predicted molar refractivity (Wildman–Crippen MR) is 82.2 cm³/mol. The zero-order chi connectivity index (χ0) is 13.9. The molecule has 2 aromatic rings. The van der Waals surface area contributed by atoms with Gasteiger partial charge in [-0.2, -0.15) is 0 Å². The molecule has 0 bridgehead atoms. The third-order valence-corrected chi connectivity index (χ3v) is 3.95. The van der Waals surface area contributed by atoms with Crippen molar-refractivity contribution in [2.75, 3.05) is 39.8 Å². The first-order valence-electron chi connectivity index (χ1n) is 7.40. The third-order valence-electron chi connectivity index (χ3n) is 3.95. The second kappa shape index (κ2) is 5.85. The second-order valence-corrected chi connectivity index (χ2v) is 5.56. The monoisotopic (exact) mass is 273 g/mol. The van der Waals surface area contributed by atoms with Gasteiger partial charge in [-0.1, -0.05) is 0 Å². The van der Waals surface area contributed by atoms with Gasteiger partial charge in [-0.25, -0.2) is 0 Å². The number of piperazine rings is 1. The number of fused-ring (bicyclic) bond motifs is 1. The first kappa shape index (κ1) is 13.5. The van der Waals surface area contributed by atoms with E-state index in [4.69, 9.17) is 4.74 Å². The molecule has 1 aromatic carbocycles. The lowest BCUT2D eigenvalue weighted by Crippen LogP contribution is -2.43. The average molecular weight is 273 g/mol. The van der Waals surface area contributed by atoms with Gasteiger partial charge in [-0.3, -0.25) is 4.90 Å². The number of aromatic amines is 1. The van der Waals surface area contributed by atoms with Gasteiger partial charge in [0.15, 0.2) is 0 Å². The van der Waals surface area contributed by atoms with Crippen LogP contribution in [0.1, 0.15) is 12.6 Å². The highest BCUT2D eigenvalue weighted by Gasteiger charge is 2.14. The molecule has 0 amide bonds. The van der Waals surface area contributed by atoms with Crippen LogP contribution < -0.4 is 4.74 Å². The fraction of sp³-hybridized carbons (Fsp3) is 0.500. The van der Waals surface area contributed by atoms with E-state index in [-0.39, 0.29) is 0 Å². The van der Waals surface area contributed by atoms with Crippen molar-refractivity contribution in [3.63, 3.8) is 0 Å². The molecule has 20 heavy (non-hydrogen) atoms. The summed E-state index contributed by atoms with van der Waals surface area (Å²) in [5.41, 5.74) is 2.48. The van der Waals surface area contributed by atoms with Gasteiger partial charge in [0.1, 0.15) is 5.75 Å². The Morgan fingerprint density at radius 1 is 1.15 bits per heavy atom. The minimum absolute atomic E-state index is 0.712. The van der Waals surface area contributed by atoms with E-state index in [0.717, 1.165) is 38.5 Å². The summed E-state index contributed by atoms with van der Waals surface area (Å²) < 4.78 is 5.56. The standard InChI is InChI=1S/C16H23N3O/c1-3-20-15-4-5-16-13(11-15)10-14(17-16)12-19-8-6-18(2)7-9-19/h4-5,10-11,17H,3,6-9,12H2,1-2H3. The molecular weight excluding hydrogens is 250 g/mol. The highest BCUT2D eigenvalue weighted by Crippen LogP contribution is 2.22. The molecule has 0 atom stereocenters. The van der Waals surface area contributed by atoms with E-state index in [0.29, 0.717) is 6.61 Å². The summed E-state index contributed by atoms with van der Waals surface area (Å²) in [4.78, 5) is 8.41. The number of nitrogens with one attached hydrogen (secondary N) is 1. The molecule has 4 nitrogen and oxygen atoms in total. The SMILES string of the molecule is CCOc1ccc2[nH]c(CN3CCN(C)CC3)cc2c1. The number of likely N-dealkylation sites (N-methyl/N-ethyl adjacent to an activating group) is 1. The Morgan fingerprint density at radius 2 is 1.95 bits per heavy atom. The maximum atomic E-state index is 5.56. The molecule has 1 fully saturated rings. The summed E-state index contributed by atoms with van der Waals surface area (Å²) in [5, 5.41) is 1.24. The molecule has 2 heterocycles. The average Bonchev–Trinajstić information content (AvgIpc) is 2.83. The number of benzene rings is 1. The number of aromatic nitrogens is 1. The van der Waals surface area contributed by atoms with Gasteiger partial charge in [0.25, 0.3) is 0 Å². The lowest BCUT2D eigenvalue weighted by atomic mass is 10.2. The Labute approximate surface area is 120 Å². The van der Waals surface area contributed by atoms with Gasteiger partial charge in [0.05, 0.1) is 6.61 Å². The topological polar surface area (TPSA) is 31.5 Å². The van der Waals surface area contributed by atoms with Crippen molar-refractivity contribution in [3.05, 3.63) is 30.0 Å². The minimum atomic E-state index is 0.712. The van der Waals surface area contributed by atoms with Crippen molar-refractivity contribution in [3.8, 4) is 5.75 Å². The fourth-order valence-corrected chi connectivity index (χ4v) is 2.76. The van der Waals surface area contributed by atoms with Crippen LogP contribution in [0.25, 0.3) is 10.9 Å². The smallest absolute Gasteiger partial charge is 0.120 e. The summed E-state index contributed by atoms with van der Waals surface area (Å²) in [7, 11) is 2.19. The Hall–Kier alpha value is -1.52. The van der Waals surface area contributed by atoms with Crippen molar-refractivity contribution in [1.29, 1.82) is 0 Å². The van der Waals surface area contributed by atoms with E-state index < -0.39 is 0 Å². The lowest BCUT2D eigenvalue weighted by Gasteiger charge is -2.31. The molecule has 3 rings (SSSR count). The van der Waals surface area contributed by atoms with Crippen LogP contribution in [0.4, 0.5) is 0 Å². The van der Waals surface area contributed by atoms with Crippen LogP contribution in [0.5, 0.6) is 5.75 Å². The van der Waals surface area contributed by atoms with Gasteiger partial charge < -0.3 is 14.6 Å². The molecule has 0 unspecified atom stereocenters. The van der Waals surface area contributed by atoms with Crippen molar-refractivity contribution in [2.45, 2.75) is 13.5 Å². The first-order chi connectivity index (χ1) is 9.74. The van der Waals surface area contributed by atoms with Crippen molar-refractivity contribution in [1.82, 2.24) is 14.8 Å². The molecule has 1 aromatic heterocycles. The Bertz CT molecular complexity index is 570.